The summed E-state index contributed by atoms with van der Waals surface area (Å²) in [4.78, 5) is 0. The average Bonchev–Trinajstić information content (AvgIpc) is 2.37. The van der Waals surface area contributed by atoms with Crippen LogP contribution in [0.5, 0.6) is 11.5 Å². The molecular formula is C16H19NO3S. The van der Waals surface area contributed by atoms with E-state index < -0.39 is 10.0 Å². The van der Waals surface area contributed by atoms with Crippen LogP contribution in [0.25, 0.3) is 0 Å². The van der Waals surface area contributed by atoms with Gasteiger partial charge in [0.25, 0.3) is 0 Å². The van der Waals surface area contributed by atoms with Crippen molar-refractivity contribution in [3.63, 3.8) is 0 Å². The second-order valence-corrected chi connectivity index (χ2v) is 6.98. The molecule has 112 valence electrons. The lowest BCUT2D eigenvalue weighted by Crippen LogP contribution is -2.09. The van der Waals surface area contributed by atoms with Crippen LogP contribution in [0, 0.1) is 0 Å². The molecule has 21 heavy (non-hydrogen) atoms. The first-order valence-electron chi connectivity index (χ1n) is 6.69. The number of anilines is 1. The SMILES string of the molecule is CC(C)c1ccc(Oc2cccc(NS(C)(=O)=O)c2)cc1. The Morgan fingerprint density at radius 2 is 1.67 bits per heavy atom. The highest BCUT2D eigenvalue weighted by atomic mass is 32.2. The molecule has 0 bridgehead atoms. The molecular weight excluding hydrogens is 286 g/mol. The van der Waals surface area contributed by atoms with Crippen molar-refractivity contribution < 1.29 is 13.2 Å². The molecule has 2 aromatic rings. The highest BCUT2D eigenvalue weighted by Gasteiger charge is 2.04. The van der Waals surface area contributed by atoms with E-state index in [1.54, 1.807) is 24.3 Å². The zero-order valence-corrected chi connectivity index (χ0v) is 13.1. The fraction of sp³-hybridized carbons (Fsp3) is 0.250. The second-order valence-electron chi connectivity index (χ2n) is 5.23. The van der Waals surface area contributed by atoms with Crippen LogP contribution in [0.3, 0.4) is 0 Å². The van der Waals surface area contributed by atoms with Gasteiger partial charge in [-0.05, 0) is 35.7 Å². The van der Waals surface area contributed by atoms with Crippen molar-refractivity contribution in [1.29, 1.82) is 0 Å². The molecule has 0 fully saturated rings. The minimum Gasteiger partial charge on any atom is -0.457 e. The molecule has 0 aromatic heterocycles. The normalized spacial score (nSPS) is 11.4. The van der Waals surface area contributed by atoms with E-state index in [-0.39, 0.29) is 0 Å². The molecule has 0 saturated carbocycles. The molecule has 0 atom stereocenters. The van der Waals surface area contributed by atoms with E-state index in [1.807, 2.05) is 24.3 Å². The lowest BCUT2D eigenvalue weighted by Gasteiger charge is -2.10. The summed E-state index contributed by atoms with van der Waals surface area (Å²) in [6, 6.07) is 14.7. The quantitative estimate of drug-likeness (QED) is 0.909. The number of sulfonamides is 1. The van der Waals surface area contributed by atoms with Gasteiger partial charge in [0.15, 0.2) is 0 Å². The maximum absolute atomic E-state index is 11.2. The maximum atomic E-state index is 11.2. The second kappa shape index (κ2) is 6.18. The largest absolute Gasteiger partial charge is 0.457 e. The molecule has 0 saturated heterocycles. The predicted octanol–water partition coefficient (Wildman–Crippen LogP) is 3.97. The van der Waals surface area contributed by atoms with Gasteiger partial charge in [-0.1, -0.05) is 32.0 Å². The smallest absolute Gasteiger partial charge is 0.229 e. The van der Waals surface area contributed by atoms with Gasteiger partial charge in [0, 0.05) is 6.07 Å². The maximum Gasteiger partial charge on any atom is 0.229 e. The molecule has 0 spiro atoms. The Labute approximate surface area is 125 Å². The number of nitrogens with one attached hydrogen (secondary N) is 1. The Kier molecular flexibility index (Phi) is 4.53. The summed E-state index contributed by atoms with van der Waals surface area (Å²) >= 11 is 0. The van der Waals surface area contributed by atoms with Gasteiger partial charge in [0.1, 0.15) is 11.5 Å². The van der Waals surface area contributed by atoms with E-state index >= 15 is 0 Å². The monoisotopic (exact) mass is 305 g/mol. The molecule has 0 aliphatic carbocycles. The van der Waals surface area contributed by atoms with E-state index in [2.05, 4.69) is 18.6 Å². The molecule has 0 aliphatic rings. The van der Waals surface area contributed by atoms with Gasteiger partial charge in [-0.2, -0.15) is 0 Å². The third-order valence-corrected chi connectivity index (χ3v) is 3.53. The Balaban J connectivity index is 2.14. The van der Waals surface area contributed by atoms with Gasteiger partial charge < -0.3 is 4.74 Å². The van der Waals surface area contributed by atoms with Crippen molar-refractivity contribution in [3.8, 4) is 11.5 Å². The highest BCUT2D eigenvalue weighted by molar-refractivity contribution is 7.92. The number of ether oxygens (including phenoxy) is 1. The van der Waals surface area contributed by atoms with Crippen LogP contribution in [0.4, 0.5) is 5.69 Å². The van der Waals surface area contributed by atoms with E-state index in [1.165, 1.54) is 5.56 Å². The fourth-order valence-electron chi connectivity index (χ4n) is 1.89. The summed E-state index contributed by atoms with van der Waals surface area (Å²) in [5.74, 6) is 1.78. The molecule has 2 rings (SSSR count). The van der Waals surface area contributed by atoms with E-state index in [9.17, 15) is 8.42 Å². The molecule has 0 amide bonds. The summed E-state index contributed by atoms with van der Waals surface area (Å²) in [5, 5.41) is 0. The summed E-state index contributed by atoms with van der Waals surface area (Å²) < 4.78 is 30.6. The van der Waals surface area contributed by atoms with Crippen LogP contribution in [0.1, 0.15) is 25.3 Å². The topological polar surface area (TPSA) is 55.4 Å². The van der Waals surface area contributed by atoms with Crippen LogP contribution in [-0.4, -0.2) is 14.7 Å². The third-order valence-electron chi connectivity index (χ3n) is 2.92. The molecule has 0 heterocycles. The Morgan fingerprint density at radius 1 is 1.00 bits per heavy atom. The van der Waals surface area contributed by atoms with E-state index in [4.69, 9.17) is 4.74 Å². The zero-order valence-electron chi connectivity index (χ0n) is 12.3. The van der Waals surface area contributed by atoms with E-state index in [0.717, 1.165) is 12.0 Å². The molecule has 0 unspecified atom stereocenters. The van der Waals surface area contributed by atoms with Crippen LogP contribution in [0.2, 0.25) is 0 Å². The minimum atomic E-state index is -3.29. The van der Waals surface area contributed by atoms with Gasteiger partial charge in [0.05, 0.1) is 11.9 Å². The van der Waals surface area contributed by atoms with Crippen LogP contribution < -0.4 is 9.46 Å². The van der Waals surface area contributed by atoms with Crippen molar-refractivity contribution in [1.82, 2.24) is 0 Å². The van der Waals surface area contributed by atoms with Crippen LogP contribution >= 0.6 is 0 Å². The zero-order chi connectivity index (χ0) is 15.5. The molecule has 1 N–H and O–H groups in total. The molecule has 0 aliphatic heterocycles. The van der Waals surface area contributed by atoms with Crippen molar-refractivity contribution in [2.24, 2.45) is 0 Å². The van der Waals surface area contributed by atoms with Crippen molar-refractivity contribution in [3.05, 3.63) is 54.1 Å². The Morgan fingerprint density at radius 3 is 2.24 bits per heavy atom. The molecule has 0 radical (unpaired) electrons. The fourth-order valence-corrected chi connectivity index (χ4v) is 2.45. The number of hydrogen-bond donors (Lipinski definition) is 1. The van der Waals surface area contributed by atoms with Crippen LogP contribution in [0.15, 0.2) is 48.5 Å². The number of hydrogen-bond acceptors (Lipinski definition) is 3. The lowest BCUT2D eigenvalue weighted by atomic mass is 10.0. The van der Waals surface area contributed by atoms with Gasteiger partial charge in [-0.25, -0.2) is 8.42 Å². The Hall–Kier alpha value is -2.01. The van der Waals surface area contributed by atoms with Crippen molar-refractivity contribution >= 4 is 15.7 Å². The minimum absolute atomic E-state index is 0.473. The lowest BCUT2D eigenvalue weighted by molar-refractivity contribution is 0.482. The first kappa shape index (κ1) is 15.4. The standard InChI is InChI=1S/C16H19NO3S/c1-12(2)13-7-9-15(10-8-13)20-16-6-4-5-14(11-16)17-21(3,18)19/h4-12,17H,1-3H3. The number of rotatable bonds is 5. The van der Waals surface area contributed by atoms with Gasteiger partial charge >= 0.3 is 0 Å². The summed E-state index contributed by atoms with van der Waals surface area (Å²) in [6.45, 7) is 4.27. The van der Waals surface area contributed by atoms with Crippen molar-refractivity contribution in [2.75, 3.05) is 11.0 Å². The predicted molar refractivity (Wildman–Crippen MR) is 85.5 cm³/mol. The first-order chi connectivity index (χ1) is 9.83. The van der Waals surface area contributed by atoms with Crippen molar-refractivity contribution in [2.45, 2.75) is 19.8 Å². The molecule has 4 nitrogen and oxygen atoms in total. The van der Waals surface area contributed by atoms with Gasteiger partial charge in [-0.15, -0.1) is 0 Å². The third kappa shape index (κ3) is 4.79. The summed E-state index contributed by atoms with van der Waals surface area (Å²) in [7, 11) is -3.29. The van der Waals surface area contributed by atoms with Gasteiger partial charge in [0.2, 0.25) is 10.0 Å². The molecule has 5 heteroatoms. The number of benzene rings is 2. The average molecular weight is 305 g/mol. The Bertz CT molecular complexity index is 707. The highest BCUT2D eigenvalue weighted by Crippen LogP contribution is 2.26. The van der Waals surface area contributed by atoms with Gasteiger partial charge in [-0.3, -0.25) is 4.72 Å². The van der Waals surface area contributed by atoms with Crippen LogP contribution in [-0.2, 0) is 10.0 Å². The summed E-state index contributed by atoms with van der Waals surface area (Å²) in [6.07, 6.45) is 1.12. The summed E-state index contributed by atoms with van der Waals surface area (Å²) in [5.41, 5.74) is 1.73. The molecule has 2 aromatic carbocycles. The first-order valence-corrected chi connectivity index (χ1v) is 8.58. The van der Waals surface area contributed by atoms with E-state index in [0.29, 0.717) is 17.4 Å².